The fraction of sp³-hybridized carbons (Fsp3) is 0.208. The second kappa shape index (κ2) is 8.23. The van der Waals surface area contributed by atoms with Gasteiger partial charge >= 0.3 is 5.92 Å². The number of hydrogen-bond donors (Lipinski definition) is 1. The van der Waals surface area contributed by atoms with E-state index in [0.717, 1.165) is 11.4 Å². The Labute approximate surface area is 209 Å². The minimum atomic E-state index is -3.41. The molecule has 9 nitrogen and oxygen atoms in total. The summed E-state index contributed by atoms with van der Waals surface area (Å²) in [7, 11) is 1.81. The molecule has 1 aliphatic rings. The Morgan fingerprint density at radius 1 is 1.11 bits per heavy atom. The summed E-state index contributed by atoms with van der Waals surface area (Å²) >= 11 is 6.10. The topological polar surface area (TPSA) is 91.3 Å². The van der Waals surface area contributed by atoms with Crippen molar-refractivity contribution in [2.24, 2.45) is 7.05 Å². The first-order valence-electron chi connectivity index (χ1n) is 11.2. The van der Waals surface area contributed by atoms with Crippen molar-refractivity contribution in [3.63, 3.8) is 0 Å². The monoisotopic (exact) mass is 507 g/mol. The lowest BCUT2D eigenvalue weighted by molar-refractivity contribution is 0.0269. The molecule has 0 spiro atoms. The zero-order valence-electron chi connectivity index (χ0n) is 19.3. The normalized spacial score (nSPS) is 15.0. The number of alkyl halides is 2. The van der Waals surface area contributed by atoms with E-state index < -0.39 is 11.7 Å². The van der Waals surface area contributed by atoms with Crippen molar-refractivity contribution >= 4 is 23.4 Å². The first kappa shape index (κ1) is 22.4. The number of nitrogens with one attached hydrogen (secondary N) is 1. The lowest BCUT2D eigenvalue weighted by Crippen LogP contribution is -2.28. The van der Waals surface area contributed by atoms with Crippen LogP contribution in [0.1, 0.15) is 24.4 Å². The van der Waals surface area contributed by atoms with Gasteiger partial charge in [-0.25, -0.2) is 9.97 Å². The minimum absolute atomic E-state index is 0.0201. The molecular weight excluding hydrogens is 488 g/mol. The molecule has 4 aromatic heterocycles. The van der Waals surface area contributed by atoms with Gasteiger partial charge in [-0.1, -0.05) is 29.8 Å². The van der Waals surface area contributed by atoms with Crippen LogP contribution in [0.25, 0.3) is 22.8 Å². The molecule has 6 rings (SSSR count). The SMILES string of the molecule is C[C@H]1Cn2cc(-c3ccnc(Nc4ccnn4C)n3)cc2-c2nnc(C(F)(F)c3ccccc3Cl)n21. The van der Waals surface area contributed by atoms with E-state index >= 15 is 8.78 Å². The van der Waals surface area contributed by atoms with Crippen LogP contribution in [0.3, 0.4) is 0 Å². The third-order valence-corrected chi connectivity index (χ3v) is 6.56. The Morgan fingerprint density at radius 2 is 1.94 bits per heavy atom. The highest BCUT2D eigenvalue weighted by Crippen LogP contribution is 2.42. The van der Waals surface area contributed by atoms with Crippen molar-refractivity contribution < 1.29 is 8.78 Å². The number of aryl methyl sites for hydroxylation is 1. The summed E-state index contributed by atoms with van der Waals surface area (Å²) in [4.78, 5) is 8.90. The van der Waals surface area contributed by atoms with E-state index in [1.54, 1.807) is 29.2 Å². The number of halogens is 3. The molecule has 12 heteroatoms. The molecule has 5 aromatic rings. The average Bonchev–Trinajstić information content (AvgIpc) is 3.58. The number of anilines is 2. The van der Waals surface area contributed by atoms with Crippen molar-refractivity contribution in [2.45, 2.75) is 25.4 Å². The molecule has 0 fully saturated rings. The zero-order chi connectivity index (χ0) is 25.0. The number of nitrogens with zero attached hydrogens (tertiary/aromatic N) is 8. The maximum atomic E-state index is 15.6. The molecule has 182 valence electrons. The van der Waals surface area contributed by atoms with Crippen LogP contribution in [0.2, 0.25) is 5.02 Å². The van der Waals surface area contributed by atoms with Crippen molar-refractivity contribution in [2.75, 3.05) is 5.32 Å². The molecule has 0 amide bonds. The highest BCUT2D eigenvalue weighted by atomic mass is 35.5. The van der Waals surface area contributed by atoms with E-state index in [1.165, 1.54) is 22.8 Å². The molecule has 0 saturated heterocycles. The van der Waals surface area contributed by atoms with Crippen LogP contribution in [-0.4, -0.2) is 39.1 Å². The number of benzene rings is 1. The maximum absolute atomic E-state index is 15.6. The molecule has 0 unspecified atom stereocenters. The second-order valence-corrected chi connectivity index (χ2v) is 9.02. The summed E-state index contributed by atoms with van der Waals surface area (Å²) in [6.45, 7) is 2.33. The quantitative estimate of drug-likeness (QED) is 0.358. The first-order chi connectivity index (χ1) is 17.3. The second-order valence-electron chi connectivity index (χ2n) is 8.62. The van der Waals surface area contributed by atoms with Crippen LogP contribution in [0.4, 0.5) is 20.5 Å². The van der Waals surface area contributed by atoms with Crippen LogP contribution in [0.15, 0.2) is 61.1 Å². The van der Waals surface area contributed by atoms with E-state index in [9.17, 15) is 0 Å². The van der Waals surface area contributed by atoms with Crippen LogP contribution >= 0.6 is 11.6 Å². The van der Waals surface area contributed by atoms with Crippen LogP contribution in [0.5, 0.6) is 0 Å². The van der Waals surface area contributed by atoms with Crippen molar-refractivity contribution in [1.29, 1.82) is 0 Å². The number of fused-ring (bicyclic) bond motifs is 3. The van der Waals surface area contributed by atoms with Crippen LogP contribution < -0.4 is 5.32 Å². The Bertz CT molecular complexity index is 1590. The van der Waals surface area contributed by atoms with Gasteiger partial charge in [-0.15, -0.1) is 10.2 Å². The van der Waals surface area contributed by atoms with Gasteiger partial charge in [0, 0.05) is 43.2 Å². The van der Waals surface area contributed by atoms with Gasteiger partial charge in [-0.2, -0.15) is 13.9 Å². The predicted octanol–water partition coefficient (Wildman–Crippen LogP) is 5.05. The van der Waals surface area contributed by atoms with E-state index in [4.69, 9.17) is 11.6 Å². The molecule has 0 saturated carbocycles. The molecule has 1 atom stereocenters. The van der Waals surface area contributed by atoms with Gasteiger partial charge in [0.2, 0.25) is 11.8 Å². The molecule has 0 bridgehead atoms. The molecule has 36 heavy (non-hydrogen) atoms. The van der Waals surface area contributed by atoms with Gasteiger partial charge in [0.25, 0.3) is 0 Å². The summed E-state index contributed by atoms with van der Waals surface area (Å²) in [5, 5.41) is 15.3. The number of rotatable bonds is 5. The molecule has 1 aliphatic heterocycles. The Kier molecular flexibility index (Phi) is 5.11. The van der Waals surface area contributed by atoms with Gasteiger partial charge in [0.15, 0.2) is 5.82 Å². The highest BCUT2D eigenvalue weighted by molar-refractivity contribution is 6.31. The Balaban J connectivity index is 1.38. The Hall–Kier alpha value is -4.12. The lowest BCUT2D eigenvalue weighted by atomic mass is 10.1. The number of aromatic nitrogens is 8. The maximum Gasteiger partial charge on any atom is 0.333 e. The zero-order valence-corrected chi connectivity index (χ0v) is 20.0. The molecule has 0 aliphatic carbocycles. The highest BCUT2D eigenvalue weighted by Gasteiger charge is 2.44. The van der Waals surface area contributed by atoms with E-state index in [-0.39, 0.29) is 16.6 Å². The van der Waals surface area contributed by atoms with Crippen molar-refractivity contribution in [1.82, 2.24) is 39.1 Å². The average molecular weight is 508 g/mol. The van der Waals surface area contributed by atoms with Gasteiger partial charge in [-0.3, -0.25) is 9.25 Å². The molecular formula is C24H20ClF2N9. The van der Waals surface area contributed by atoms with E-state index in [1.807, 2.05) is 36.9 Å². The summed E-state index contributed by atoms with van der Waals surface area (Å²) in [5.41, 5.74) is 1.86. The van der Waals surface area contributed by atoms with Gasteiger partial charge < -0.3 is 9.88 Å². The summed E-state index contributed by atoms with van der Waals surface area (Å²) in [5.74, 6) is -2.31. The van der Waals surface area contributed by atoms with E-state index in [0.29, 0.717) is 29.7 Å². The summed E-state index contributed by atoms with van der Waals surface area (Å²) in [6.07, 6.45) is 5.27. The summed E-state index contributed by atoms with van der Waals surface area (Å²) < 4.78 is 36.3. The molecule has 1 N–H and O–H groups in total. The lowest BCUT2D eigenvalue weighted by Gasteiger charge is -2.27. The third-order valence-electron chi connectivity index (χ3n) is 6.23. The fourth-order valence-corrected chi connectivity index (χ4v) is 4.73. The molecule has 5 heterocycles. The van der Waals surface area contributed by atoms with Crippen molar-refractivity contribution in [3.05, 3.63) is 77.5 Å². The number of hydrogen-bond acceptors (Lipinski definition) is 6. The van der Waals surface area contributed by atoms with Gasteiger partial charge in [0.05, 0.1) is 28.6 Å². The third kappa shape index (κ3) is 3.54. The van der Waals surface area contributed by atoms with Crippen molar-refractivity contribution in [3.8, 4) is 22.8 Å². The predicted molar refractivity (Wildman–Crippen MR) is 130 cm³/mol. The first-order valence-corrected chi connectivity index (χ1v) is 11.6. The van der Waals surface area contributed by atoms with Crippen LogP contribution in [0, 0.1) is 0 Å². The fourth-order valence-electron chi connectivity index (χ4n) is 4.48. The Morgan fingerprint density at radius 3 is 2.72 bits per heavy atom. The standard InChI is InChI=1S/C24H20ClF2N9/c1-14-12-35-13-15(18-7-9-28-23(30-18)31-20-8-10-29-34(20)2)11-19(35)21-32-33-22(36(14)21)24(26,27)16-5-3-4-6-17(16)25/h3-11,13-14H,12H2,1-2H3,(H,28,30,31)/t14-/m0/s1. The molecule has 0 radical (unpaired) electrons. The largest absolute Gasteiger partial charge is 0.342 e. The smallest absolute Gasteiger partial charge is 0.333 e. The minimum Gasteiger partial charge on any atom is -0.342 e. The van der Waals surface area contributed by atoms with Crippen LogP contribution in [-0.2, 0) is 19.5 Å². The summed E-state index contributed by atoms with van der Waals surface area (Å²) in [6, 6.07) is 11.1. The van der Waals surface area contributed by atoms with Gasteiger partial charge in [0.1, 0.15) is 5.82 Å². The van der Waals surface area contributed by atoms with E-state index in [2.05, 4.69) is 30.6 Å². The van der Waals surface area contributed by atoms with Gasteiger partial charge in [-0.05, 0) is 25.1 Å². The molecule has 1 aromatic carbocycles.